The van der Waals surface area contributed by atoms with Crippen LogP contribution in [-0.4, -0.2) is 51.6 Å². The summed E-state index contributed by atoms with van der Waals surface area (Å²) in [7, 11) is 0. The number of rotatable bonds is 14. The second kappa shape index (κ2) is 13.9. The number of amides is 1. The van der Waals surface area contributed by atoms with E-state index in [1.807, 2.05) is 34.6 Å². The minimum absolute atomic E-state index is 0.0623. The summed E-state index contributed by atoms with van der Waals surface area (Å²) in [5.74, 6) is -2.16. The first kappa shape index (κ1) is 28.5. The third-order valence-electron chi connectivity index (χ3n) is 5.31. The fraction of sp³-hybridized carbons (Fsp3) is 0.696. The molecule has 0 aliphatic heterocycles. The fourth-order valence-corrected chi connectivity index (χ4v) is 4.08. The first-order chi connectivity index (χ1) is 15.5. The van der Waals surface area contributed by atoms with E-state index in [1.54, 1.807) is 0 Å². The molecule has 3 unspecified atom stereocenters. The maximum atomic E-state index is 13.2. The molecule has 0 spiro atoms. The van der Waals surface area contributed by atoms with Gasteiger partial charge >= 0.3 is 17.9 Å². The normalized spacial score (nSPS) is 13.8. The number of carbonyl (C=O) groups is 4. The molecule has 1 N–H and O–H groups in total. The van der Waals surface area contributed by atoms with Crippen molar-refractivity contribution in [3.63, 3.8) is 0 Å². The van der Waals surface area contributed by atoms with E-state index in [-0.39, 0.29) is 49.0 Å². The zero-order valence-corrected chi connectivity index (χ0v) is 21.1. The van der Waals surface area contributed by atoms with Crippen LogP contribution in [0.2, 0.25) is 0 Å². The highest BCUT2D eigenvalue weighted by Gasteiger charge is 2.33. The number of carboxylic acids is 1. The largest absolute Gasteiger partial charge is 0.476 e. The molecule has 1 aromatic heterocycles. The molecule has 0 saturated carbocycles. The molecule has 0 fully saturated rings. The lowest BCUT2D eigenvalue weighted by atomic mass is 9.95. The molecular weight excluding hydrogens is 448 g/mol. The van der Waals surface area contributed by atoms with Gasteiger partial charge in [0.1, 0.15) is 5.01 Å². The van der Waals surface area contributed by atoms with Crippen LogP contribution in [0.1, 0.15) is 95.2 Å². The summed E-state index contributed by atoms with van der Waals surface area (Å²) in [4.78, 5) is 53.9. The van der Waals surface area contributed by atoms with Crippen molar-refractivity contribution in [1.29, 1.82) is 0 Å². The number of carbonyl (C=O) groups excluding carboxylic acids is 3. The van der Waals surface area contributed by atoms with E-state index in [0.29, 0.717) is 17.8 Å². The van der Waals surface area contributed by atoms with Crippen molar-refractivity contribution in [2.75, 3.05) is 6.73 Å². The quantitative estimate of drug-likeness (QED) is 0.304. The van der Waals surface area contributed by atoms with Gasteiger partial charge in [0, 0.05) is 37.6 Å². The number of nitrogens with zero attached hydrogens (tertiary/aromatic N) is 2. The van der Waals surface area contributed by atoms with E-state index in [1.165, 1.54) is 17.2 Å². The van der Waals surface area contributed by atoms with Gasteiger partial charge in [0.05, 0.1) is 0 Å². The zero-order valence-electron chi connectivity index (χ0n) is 20.3. The number of thiazole rings is 1. The summed E-state index contributed by atoms with van der Waals surface area (Å²) in [6.45, 7) is 10.8. The fourth-order valence-electron chi connectivity index (χ4n) is 3.24. The van der Waals surface area contributed by atoms with Gasteiger partial charge in [-0.05, 0) is 18.3 Å². The van der Waals surface area contributed by atoms with Crippen molar-refractivity contribution in [3.8, 4) is 0 Å². The minimum Gasteiger partial charge on any atom is -0.476 e. The number of hydrogen-bond acceptors (Lipinski definition) is 8. The topological polar surface area (TPSA) is 123 Å². The SMILES string of the molecule is CCCC(=O)OCN(C(=O)CC(C)CC)C(CC(OC(C)=O)c1nc(C(=O)O)cs1)C(C)C. The van der Waals surface area contributed by atoms with E-state index in [2.05, 4.69) is 4.98 Å². The van der Waals surface area contributed by atoms with Gasteiger partial charge in [0.15, 0.2) is 18.5 Å². The van der Waals surface area contributed by atoms with Crippen LogP contribution in [0.3, 0.4) is 0 Å². The van der Waals surface area contributed by atoms with Crippen LogP contribution in [0.25, 0.3) is 0 Å². The lowest BCUT2D eigenvalue weighted by molar-refractivity contribution is -0.158. The summed E-state index contributed by atoms with van der Waals surface area (Å²) in [6.07, 6.45) is 1.38. The maximum absolute atomic E-state index is 13.2. The number of aromatic nitrogens is 1. The molecule has 1 amide bonds. The predicted molar refractivity (Wildman–Crippen MR) is 124 cm³/mol. The first-order valence-electron chi connectivity index (χ1n) is 11.3. The van der Waals surface area contributed by atoms with Gasteiger partial charge in [-0.3, -0.25) is 14.4 Å². The summed E-state index contributed by atoms with van der Waals surface area (Å²) in [5, 5.41) is 10.9. The van der Waals surface area contributed by atoms with Crippen LogP contribution in [0.15, 0.2) is 5.38 Å². The van der Waals surface area contributed by atoms with Crippen molar-refractivity contribution < 1.29 is 33.8 Å². The number of carboxylic acid groups (broad SMARTS) is 1. The van der Waals surface area contributed by atoms with Crippen LogP contribution >= 0.6 is 11.3 Å². The van der Waals surface area contributed by atoms with Crippen molar-refractivity contribution in [1.82, 2.24) is 9.88 Å². The van der Waals surface area contributed by atoms with E-state index in [0.717, 1.165) is 17.8 Å². The van der Waals surface area contributed by atoms with Gasteiger partial charge in [0.25, 0.3) is 0 Å². The molecule has 33 heavy (non-hydrogen) atoms. The molecule has 0 aromatic carbocycles. The lowest BCUT2D eigenvalue weighted by Gasteiger charge is -2.36. The van der Waals surface area contributed by atoms with E-state index in [9.17, 15) is 24.3 Å². The highest BCUT2D eigenvalue weighted by molar-refractivity contribution is 7.09. The molecule has 9 nitrogen and oxygen atoms in total. The van der Waals surface area contributed by atoms with Gasteiger partial charge < -0.3 is 19.5 Å². The molecule has 0 aliphatic rings. The Bertz CT molecular complexity index is 808. The Kier molecular flexibility index (Phi) is 12.0. The molecule has 186 valence electrons. The highest BCUT2D eigenvalue weighted by Crippen LogP contribution is 2.31. The Hall–Kier alpha value is -2.49. The zero-order chi connectivity index (χ0) is 25.1. The van der Waals surface area contributed by atoms with Crippen molar-refractivity contribution in [2.45, 2.75) is 85.8 Å². The molecule has 1 rings (SSSR count). The third-order valence-corrected chi connectivity index (χ3v) is 6.25. The average molecular weight is 485 g/mol. The number of ether oxygens (including phenoxy) is 2. The second-order valence-corrected chi connectivity index (χ2v) is 9.39. The number of hydrogen-bond donors (Lipinski definition) is 1. The van der Waals surface area contributed by atoms with E-state index in [4.69, 9.17) is 9.47 Å². The highest BCUT2D eigenvalue weighted by atomic mass is 32.1. The van der Waals surface area contributed by atoms with E-state index < -0.39 is 24.1 Å². The molecule has 3 atom stereocenters. The summed E-state index contributed by atoms with van der Waals surface area (Å²) in [5.41, 5.74) is -0.133. The smallest absolute Gasteiger partial charge is 0.355 e. The number of esters is 2. The van der Waals surface area contributed by atoms with Crippen LogP contribution < -0.4 is 0 Å². The van der Waals surface area contributed by atoms with Gasteiger partial charge in [-0.15, -0.1) is 11.3 Å². The van der Waals surface area contributed by atoms with Crippen LogP contribution in [0.4, 0.5) is 0 Å². The van der Waals surface area contributed by atoms with Crippen molar-refractivity contribution in [3.05, 3.63) is 16.1 Å². The molecule has 0 radical (unpaired) electrons. The second-order valence-electron chi connectivity index (χ2n) is 8.50. The lowest BCUT2D eigenvalue weighted by Crippen LogP contribution is -2.46. The van der Waals surface area contributed by atoms with Gasteiger partial charge in [0.2, 0.25) is 5.91 Å². The van der Waals surface area contributed by atoms with Crippen LogP contribution in [0.5, 0.6) is 0 Å². The molecule has 0 aliphatic carbocycles. The van der Waals surface area contributed by atoms with Gasteiger partial charge in [-0.25, -0.2) is 9.78 Å². The third kappa shape index (κ3) is 9.49. The Morgan fingerprint density at radius 2 is 1.85 bits per heavy atom. The van der Waals surface area contributed by atoms with Crippen LogP contribution in [0, 0.1) is 11.8 Å². The first-order valence-corrected chi connectivity index (χ1v) is 12.2. The predicted octanol–water partition coefficient (Wildman–Crippen LogP) is 4.43. The average Bonchev–Trinajstić information content (AvgIpc) is 3.22. The van der Waals surface area contributed by atoms with Gasteiger partial charge in [-0.1, -0.05) is 41.0 Å². The van der Waals surface area contributed by atoms with Gasteiger partial charge in [-0.2, -0.15) is 0 Å². The molecule has 0 saturated heterocycles. The Morgan fingerprint density at radius 1 is 1.18 bits per heavy atom. The Morgan fingerprint density at radius 3 is 2.33 bits per heavy atom. The Balaban J connectivity index is 3.24. The van der Waals surface area contributed by atoms with Crippen molar-refractivity contribution in [2.24, 2.45) is 11.8 Å². The molecule has 0 bridgehead atoms. The molecule has 1 heterocycles. The summed E-state index contributed by atoms with van der Waals surface area (Å²) in [6, 6.07) is -0.433. The maximum Gasteiger partial charge on any atom is 0.355 e. The van der Waals surface area contributed by atoms with Crippen LogP contribution in [-0.2, 0) is 23.9 Å². The van der Waals surface area contributed by atoms with Crippen molar-refractivity contribution >= 4 is 35.2 Å². The minimum atomic E-state index is -1.17. The molecule has 10 heteroatoms. The summed E-state index contributed by atoms with van der Waals surface area (Å²) >= 11 is 1.08. The monoisotopic (exact) mass is 484 g/mol. The number of aromatic carboxylic acids is 1. The van der Waals surface area contributed by atoms with E-state index >= 15 is 0 Å². The molecule has 1 aromatic rings. The summed E-state index contributed by atoms with van der Waals surface area (Å²) < 4.78 is 10.9. The standard InChI is InChI=1S/C23H36N2O7S/c1-7-9-21(28)31-13-25(20(27)10-15(5)8-2)18(14(3)4)11-19(32-16(6)26)22-24-17(12-33-22)23(29)30/h12,14-15,18-19H,7-11,13H2,1-6H3,(H,29,30). The Labute approximate surface area is 199 Å². The molecular formula is C23H36N2O7S.